The Morgan fingerprint density at radius 2 is 1.55 bits per heavy atom. The number of pyridine rings is 1. The Balaban J connectivity index is 1.37. The smallest absolute Gasteiger partial charge is 0.0702 e. The van der Waals surface area contributed by atoms with Crippen LogP contribution in [0.3, 0.4) is 0 Å². The maximum Gasteiger partial charge on any atom is 0.0702 e. The van der Waals surface area contributed by atoms with Crippen molar-refractivity contribution in [2.24, 2.45) is 0 Å². The molecule has 3 nitrogen and oxygen atoms in total. The van der Waals surface area contributed by atoms with Crippen molar-refractivity contribution in [2.45, 2.75) is 0 Å². The molecule has 0 spiro atoms. The molecule has 2 aromatic heterocycles. The quantitative estimate of drug-likeness (QED) is 0.224. The number of nitrogens with one attached hydrogen (secondary N) is 2. The van der Waals surface area contributed by atoms with Crippen LogP contribution in [0.1, 0.15) is 5.56 Å². The second kappa shape index (κ2) is 10.7. The van der Waals surface area contributed by atoms with Gasteiger partial charge < -0.3 is 10.6 Å². The molecule has 7 rings (SSSR count). The third kappa shape index (κ3) is 4.81. The Labute approximate surface area is 238 Å². The van der Waals surface area contributed by atoms with Crippen LogP contribution in [0.5, 0.6) is 0 Å². The van der Waals surface area contributed by atoms with Gasteiger partial charge in [-0.25, -0.2) is 0 Å². The van der Waals surface area contributed by atoms with E-state index < -0.39 is 0 Å². The van der Waals surface area contributed by atoms with Crippen molar-refractivity contribution in [2.75, 3.05) is 11.9 Å². The first kappa shape index (κ1) is 24.1. The zero-order chi connectivity index (χ0) is 26.7. The fraction of sp³-hybridized carbons (Fsp3) is 0.0278. The Kier molecular flexibility index (Phi) is 6.44. The molecule has 0 saturated carbocycles. The van der Waals surface area contributed by atoms with Crippen LogP contribution in [0, 0.1) is 0 Å². The summed E-state index contributed by atoms with van der Waals surface area (Å²) in [5, 5.41) is 10.9. The Morgan fingerprint density at radius 3 is 2.40 bits per heavy atom. The molecule has 3 heterocycles. The van der Waals surface area contributed by atoms with Gasteiger partial charge in [0.1, 0.15) is 0 Å². The fourth-order valence-electron chi connectivity index (χ4n) is 5.22. The van der Waals surface area contributed by atoms with E-state index in [2.05, 4.69) is 136 Å². The molecule has 0 radical (unpaired) electrons. The molecule has 0 unspecified atom stereocenters. The molecule has 4 aromatic carbocycles. The van der Waals surface area contributed by atoms with Crippen LogP contribution < -0.4 is 10.6 Å². The van der Waals surface area contributed by atoms with Gasteiger partial charge in [0.2, 0.25) is 0 Å². The van der Waals surface area contributed by atoms with Crippen LogP contribution >= 0.6 is 11.3 Å². The number of aromatic nitrogens is 1. The van der Waals surface area contributed by atoms with Gasteiger partial charge in [-0.05, 0) is 71.1 Å². The SMILES string of the molecule is C1=CCNC(c2cc(Nc3ccc(-c4ccccc4)cc3-c3csc4ccccc34)cc(-c3ccccn3)c2)=C1. The van der Waals surface area contributed by atoms with E-state index in [0.717, 1.165) is 40.4 Å². The molecule has 0 fully saturated rings. The van der Waals surface area contributed by atoms with Crippen LogP contribution in [0.25, 0.3) is 49.3 Å². The maximum atomic E-state index is 4.64. The molecule has 0 bridgehead atoms. The summed E-state index contributed by atoms with van der Waals surface area (Å²) in [7, 11) is 0. The zero-order valence-electron chi connectivity index (χ0n) is 21.8. The second-order valence-electron chi connectivity index (χ2n) is 9.80. The van der Waals surface area contributed by atoms with Crippen molar-refractivity contribution in [3.05, 3.63) is 145 Å². The van der Waals surface area contributed by atoms with E-state index in [-0.39, 0.29) is 0 Å². The first-order valence-electron chi connectivity index (χ1n) is 13.4. The number of fused-ring (bicyclic) bond motifs is 1. The van der Waals surface area contributed by atoms with E-state index in [1.807, 2.05) is 18.3 Å². The standard InChI is InChI=1S/C36H27N3S/c1-2-10-25(11-3-1)26-16-17-35(31(23-26)32-24-40-36-15-5-4-12-30(32)36)39-29-21-27(33-13-6-8-18-37-33)20-28(22-29)34-14-7-9-19-38-34/h1-18,20-24,38-39H,19H2. The van der Waals surface area contributed by atoms with E-state index in [4.69, 9.17) is 0 Å². The lowest BCUT2D eigenvalue weighted by molar-refractivity contribution is 0.996. The highest BCUT2D eigenvalue weighted by Gasteiger charge is 2.15. The predicted octanol–water partition coefficient (Wildman–Crippen LogP) is 9.54. The summed E-state index contributed by atoms with van der Waals surface area (Å²) < 4.78 is 1.29. The van der Waals surface area contributed by atoms with Crippen LogP contribution in [-0.4, -0.2) is 11.5 Å². The second-order valence-corrected chi connectivity index (χ2v) is 10.7. The molecule has 0 aliphatic carbocycles. The minimum absolute atomic E-state index is 0.818. The van der Waals surface area contributed by atoms with Gasteiger partial charge in [0.05, 0.1) is 5.69 Å². The molecule has 0 amide bonds. The lowest BCUT2D eigenvalue weighted by Gasteiger charge is -2.18. The average Bonchev–Trinajstić information content (AvgIpc) is 3.46. The Hall–Kier alpha value is -4.93. The van der Waals surface area contributed by atoms with Gasteiger partial charge in [0.15, 0.2) is 0 Å². The molecule has 1 aliphatic heterocycles. The van der Waals surface area contributed by atoms with Gasteiger partial charge in [0.25, 0.3) is 0 Å². The van der Waals surface area contributed by atoms with Gasteiger partial charge in [-0.3, -0.25) is 4.98 Å². The van der Waals surface area contributed by atoms with E-state index in [1.54, 1.807) is 11.3 Å². The first-order chi connectivity index (χ1) is 19.8. The molecular formula is C36H27N3S. The molecule has 0 saturated heterocycles. The number of benzene rings is 4. The minimum Gasteiger partial charge on any atom is -0.381 e. The molecular weight excluding hydrogens is 506 g/mol. The largest absolute Gasteiger partial charge is 0.381 e. The van der Waals surface area contributed by atoms with Crippen LogP contribution in [-0.2, 0) is 0 Å². The van der Waals surface area contributed by atoms with E-state index >= 15 is 0 Å². The average molecular weight is 534 g/mol. The first-order valence-corrected chi connectivity index (χ1v) is 14.3. The third-order valence-corrected chi connectivity index (χ3v) is 8.15. The number of dihydropyridines is 1. The van der Waals surface area contributed by atoms with E-state index in [0.29, 0.717) is 0 Å². The third-order valence-electron chi connectivity index (χ3n) is 7.19. The number of allylic oxidation sites excluding steroid dienone is 2. The number of rotatable bonds is 6. The van der Waals surface area contributed by atoms with Gasteiger partial charge in [-0.15, -0.1) is 11.3 Å². The van der Waals surface area contributed by atoms with Crippen LogP contribution in [0.15, 0.2) is 139 Å². The number of hydrogen-bond donors (Lipinski definition) is 2. The normalized spacial score (nSPS) is 12.7. The van der Waals surface area contributed by atoms with E-state index in [1.165, 1.54) is 32.3 Å². The van der Waals surface area contributed by atoms with Crippen molar-refractivity contribution in [3.8, 4) is 33.5 Å². The highest BCUT2D eigenvalue weighted by molar-refractivity contribution is 7.17. The Bertz CT molecular complexity index is 1870. The molecule has 192 valence electrons. The summed E-state index contributed by atoms with van der Waals surface area (Å²) >= 11 is 1.79. The summed E-state index contributed by atoms with van der Waals surface area (Å²) in [6, 6.07) is 38.6. The van der Waals surface area contributed by atoms with Crippen molar-refractivity contribution in [1.82, 2.24) is 10.3 Å². The van der Waals surface area contributed by atoms with Gasteiger partial charge >= 0.3 is 0 Å². The van der Waals surface area contributed by atoms with Gasteiger partial charge in [-0.2, -0.15) is 0 Å². The summed E-state index contributed by atoms with van der Waals surface area (Å²) in [4.78, 5) is 4.64. The van der Waals surface area contributed by atoms with Gasteiger partial charge in [-0.1, -0.05) is 72.8 Å². The monoisotopic (exact) mass is 533 g/mol. The van der Waals surface area contributed by atoms with Crippen molar-refractivity contribution in [1.29, 1.82) is 0 Å². The number of anilines is 2. The summed E-state index contributed by atoms with van der Waals surface area (Å²) in [6.07, 6.45) is 8.20. The Morgan fingerprint density at radius 1 is 0.700 bits per heavy atom. The topological polar surface area (TPSA) is 37.0 Å². The molecule has 4 heteroatoms. The predicted molar refractivity (Wildman–Crippen MR) is 171 cm³/mol. The summed E-state index contributed by atoms with van der Waals surface area (Å²) in [5.74, 6) is 0. The fourth-order valence-corrected chi connectivity index (χ4v) is 6.18. The highest BCUT2D eigenvalue weighted by Crippen LogP contribution is 2.41. The number of nitrogens with zero attached hydrogens (tertiary/aromatic N) is 1. The summed E-state index contributed by atoms with van der Waals surface area (Å²) in [5.41, 5.74) is 11.2. The number of hydrogen-bond acceptors (Lipinski definition) is 4. The van der Waals surface area contributed by atoms with Crippen molar-refractivity contribution >= 4 is 38.5 Å². The molecule has 0 atom stereocenters. The number of thiophene rings is 1. The molecule has 6 aromatic rings. The molecule has 2 N–H and O–H groups in total. The van der Waals surface area contributed by atoms with Crippen molar-refractivity contribution in [3.63, 3.8) is 0 Å². The van der Waals surface area contributed by atoms with E-state index in [9.17, 15) is 0 Å². The zero-order valence-corrected chi connectivity index (χ0v) is 22.7. The lowest BCUT2D eigenvalue weighted by atomic mass is 9.96. The molecule has 1 aliphatic rings. The maximum absolute atomic E-state index is 4.64. The van der Waals surface area contributed by atoms with Crippen LogP contribution in [0.4, 0.5) is 11.4 Å². The minimum atomic E-state index is 0.818. The van der Waals surface area contributed by atoms with Crippen LogP contribution in [0.2, 0.25) is 0 Å². The summed E-state index contributed by atoms with van der Waals surface area (Å²) in [6.45, 7) is 0.818. The molecule has 40 heavy (non-hydrogen) atoms. The highest BCUT2D eigenvalue weighted by atomic mass is 32.1. The van der Waals surface area contributed by atoms with Gasteiger partial charge in [0, 0.05) is 62.2 Å². The lowest BCUT2D eigenvalue weighted by Crippen LogP contribution is -2.14. The van der Waals surface area contributed by atoms with Crippen molar-refractivity contribution < 1.29 is 0 Å².